The molecular weight excluding hydrogens is 406 g/mol. The first kappa shape index (κ1) is 20.3. The van der Waals surface area contributed by atoms with Crippen LogP contribution in [0.15, 0.2) is 42.5 Å². The van der Waals surface area contributed by atoms with Gasteiger partial charge in [-0.3, -0.25) is 4.79 Å². The molecule has 1 N–H and O–H groups in total. The maximum absolute atomic E-state index is 13.2. The SMILES string of the molecule is CCOc1ccc2nc(N3CCC[C@@H](C(=O)N[C@H]4CCCc5ccccc54)C3)sc2c1. The van der Waals surface area contributed by atoms with Gasteiger partial charge in [0.05, 0.1) is 28.8 Å². The lowest BCUT2D eigenvalue weighted by atomic mass is 9.87. The first-order valence-corrected chi connectivity index (χ1v) is 12.2. The number of hydrogen-bond acceptors (Lipinski definition) is 5. The third-order valence-electron chi connectivity index (χ3n) is 6.41. The van der Waals surface area contributed by atoms with E-state index in [1.54, 1.807) is 11.3 Å². The minimum atomic E-state index is 0.00818. The third kappa shape index (κ3) is 4.26. The Hall–Kier alpha value is -2.60. The predicted molar refractivity (Wildman–Crippen MR) is 126 cm³/mol. The van der Waals surface area contributed by atoms with Crippen molar-refractivity contribution in [3.8, 4) is 5.75 Å². The number of aryl methyl sites for hydroxylation is 1. The Bertz CT molecular complexity index is 1080. The lowest BCUT2D eigenvalue weighted by Crippen LogP contribution is -2.44. The zero-order chi connectivity index (χ0) is 21.2. The maximum Gasteiger partial charge on any atom is 0.225 e. The lowest BCUT2D eigenvalue weighted by molar-refractivity contribution is -0.126. The summed E-state index contributed by atoms with van der Waals surface area (Å²) in [6.45, 7) is 4.34. The number of aromatic nitrogens is 1. The third-order valence-corrected chi connectivity index (χ3v) is 7.49. The van der Waals surface area contributed by atoms with Crippen molar-refractivity contribution >= 4 is 32.6 Å². The van der Waals surface area contributed by atoms with Crippen LogP contribution in [-0.2, 0) is 11.2 Å². The number of fused-ring (bicyclic) bond motifs is 2. The van der Waals surface area contributed by atoms with Crippen LogP contribution in [0.4, 0.5) is 5.13 Å². The van der Waals surface area contributed by atoms with Gasteiger partial charge in [-0.2, -0.15) is 0 Å². The van der Waals surface area contributed by atoms with Crippen LogP contribution in [0.3, 0.4) is 0 Å². The van der Waals surface area contributed by atoms with Crippen LogP contribution in [0, 0.1) is 5.92 Å². The Morgan fingerprint density at radius 1 is 1.23 bits per heavy atom. The standard InChI is InChI=1S/C25H29N3O2S/c1-2-30-19-12-13-22-23(15-19)31-25(27-22)28-14-6-9-18(16-28)24(29)26-21-11-5-8-17-7-3-4-10-20(17)21/h3-4,7,10,12-13,15,18,21H,2,5-6,8-9,11,14,16H2,1H3,(H,26,29)/t18-,21+/m1/s1. The van der Waals surface area contributed by atoms with Gasteiger partial charge < -0.3 is 15.0 Å². The molecular formula is C25H29N3O2S. The summed E-state index contributed by atoms with van der Waals surface area (Å²) in [5.41, 5.74) is 3.67. The molecule has 1 saturated heterocycles. The average molecular weight is 436 g/mol. The first-order valence-electron chi connectivity index (χ1n) is 11.4. The highest BCUT2D eigenvalue weighted by Gasteiger charge is 2.30. The van der Waals surface area contributed by atoms with E-state index in [9.17, 15) is 4.79 Å². The summed E-state index contributed by atoms with van der Waals surface area (Å²) in [7, 11) is 0. The van der Waals surface area contributed by atoms with Gasteiger partial charge in [0.25, 0.3) is 0 Å². The van der Waals surface area contributed by atoms with Crippen LogP contribution < -0.4 is 15.0 Å². The molecule has 2 aromatic carbocycles. The molecule has 0 bridgehead atoms. The molecule has 0 saturated carbocycles. The Kier molecular flexibility index (Phi) is 5.81. The molecule has 2 heterocycles. The van der Waals surface area contributed by atoms with Crippen LogP contribution in [0.5, 0.6) is 5.75 Å². The summed E-state index contributed by atoms with van der Waals surface area (Å²) in [4.78, 5) is 20.3. The maximum atomic E-state index is 13.2. The summed E-state index contributed by atoms with van der Waals surface area (Å²) < 4.78 is 6.76. The highest BCUT2D eigenvalue weighted by atomic mass is 32.1. The number of hydrogen-bond donors (Lipinski definition) is 1. The van der Waals surface area contributed by atoms with Crippen LogP contribution >= 0.6 is 11.3 Å². The Morgan fingerprint density at radius 3 is 3.03 bits per heavy atom. The van der Waals surface area contributed by atoms with Crippen LogP contribution in [-0.4, -0.2) is 30.6 Å². The number of piperidine rings is 1. The molecule has 2 aliphatic rings. The Balaban J connectivity index is 1.28. The van der Waals surface area contributed by atoms with Crippen LogP contribution in [0.1, 0.15) is 49.8 Å². The van der Waals surface area contributed by atoms with Crippen molar-refractivity contribution in [3.63, 3.8) is 0 Å². The molecule has 1 amide bonds. The highest BCUT2D eigenvalue weighted by molar-refractivity contribution is 7.22. The number of nitrogens with one attached hydrogen (secondary N) is 1. The highest BCUT2D eigenvalue weighted by Crippen LogP contribution is 2.34. The molecule has 3 aromatic rings. The van der Waals surface area contributed by atoms with Gasteiger partial charge in [-0.1, -0.05) is 35.6 Å². The van der Waals surface area contributed by atoms with Gasteiger partial charge in [-0.05, 0) is 68.4 Å². The number of benzene rings is 2. The molecule has 1 aliphatic heterocycles. The van der Waals surface area contributed by atoms with E-state index in [4.69, 9.17) is 9.72 Å². The largest absolute Gasteiger partial charge is 0.494 e. The molecule has 2 atom stereocenters. The van der Waals surface area contributed by atoms with E-state index in [0.717, 1.165) is 66.3 Å². The number of rotatable bonds is 5. The molecule has 1 fully saturated rings. The zero-order valence-electron chi connectivity index (χ0n) is 18.0. The minimum absolute atomic E-state index is 0.00818. The van der Waals surface area contributed by atoms with Gasteiger partial charge in [-0.15, -0.1) is 0 Å². The fraction of sp³-hybridized carbons (Fsp3) is 0.440. The molecule has 1 aliphatic carbocycles. The monoisotopic (exact) mass is 435 g/mol. The van der Waals surface area contributed by atoms with Gasteiger partial charge in [0.2, 0.25) is 5.91 Å². The molecule has 6 heteroatoms. The lowest BCUT2D eigenvalue weighted by Gasteiger charge is -2.33. The summed E-state index contributed by atoms with van der Waals surface area (Å²) in [5.74, 6) is 1.08. The second kappa shape index (κ2) is 8.87. The molecule has 0 spiro atoms. The topological polar surface area (TPSA) is 54.5 Å². The number of amides is 1. The Morgan fingerprint density at radius 2 is 2.13 bits per heavy atom. The number of nitrogens with zero attached hydrogens (tertiary/aromatic N) is 2. The first-order chi connectivity index (χ1) is 15.2. The normalized spacial score (nSPS) is 21.0. The van der Waals surface area contributed by atoms with E-state index in [1.165, 1.54) is 11.1 Å². The van der Waals surface area contributed by atoms with Gasteiger partial charge in [0.15, 0.2) is 5.13 Å². The minimum Gasteiger partial charge on any atom is -0.494 e. The quantitative estimate of drug-likeness (QED) is 0.605. The van der Waals surface area contributed by atoms with Crippen molar-refractivity contribution in [1.82, 2.24) is 10.3 Å². The van der Waals surface area contributed by atoms with Gasteiger partial charge >= 0.3 is 0 Å². The molecule has 162 valence electrons. The van der Waals surface area contributed by atoms with E-state index in [1.807, 2.05) is 19.1 Å². The van der Waals surface area contributed by atoms with Crippen molar-refractivity contribution < 1.29 is 9.53 Å². The van der Waals surface area contributed by atoms with E-state index in [2.05, 4.69) is 40.5 Å². The fourth-order valence-corrected chi connectivity index (χ4v) is 5.87. The Labute approximate surface area is 187 Å². The summed E-state index contributed by atoms with van der Waals surface area (Å²) >= 11 is 1.69. The molecule has 5 rings (SSSR count). The van der Waals surface area contributed by atoms with E-state index >= 15 is 0 Å². The second-order valence-electron chi connectivity index (χ2n) is 8.50. The van der Waals surface area contributed by atoms with Crippen molar-refractivity contribution in [3.05, 3.63) is 53.6 Å². The van der Waals surface area contributed by atoms with Crippen molar-refractivity contribution in [2.75, 3.05) is 24.6 Å². The number of anilines is 1. The van der Waals surface area contributed by atoms with Crippen LogP contribution in [0.25, 0.3) is 10.2 Å². The van der Waals surface area contributed by atoms with E-state index < -0.39 is 0 Å². The molecule has 0 unspecified atom stereocenters. The number of ether oxygens (including phenoxy) is 1. The molecule has 1 aromatic heterocycles. The zero-order valence-corrected chi connectivity index (χ0v) is 18.8. The van der Waals surface area contributed by atoms with Crippen LogP contribution in [0.2, 0.25) is 0 Å². The van der Waals surface area contributed by atoms with Gasteiger partial charge in [0, 0.05) is 13.1 Å². The summed E-state index contributed by atoms with van der Waals surface area (Å²) in [5, 5.41) is 4.37. The van der Waals surface area contributed by atoms with E-state index in [-0.39, 0.29) is 17.9 Å². The van der Waals surface area contributed by atoms with Crippen molar-refractivity contribution in [2.24, 2.45) is 5.92 Å². The predicted octanol–water partition coefficient (Wildman–Crippen LogP) is 5.11. The number of carbonyl (C=O) groups excluding carboxylic acids is 1. The van der Waals surface area contributed by atoms with E-state index in [0.29, 0.717) is 6.61 Å². The summed E-state index contributed by atoms with van der Waals surface area (Å²) in [6, 6.07) is 14.7. The molecule has 5 nitrogen and oxygen atoms in total. The second-order valence-corrected chi connectivity index (χ2v) is 9.51. The van der Waals surface area contributed by atoms with Crippen molar-refractivity contribution in [2.45, 2.75) is 45.1 Å². The smallest absolute Gasteiger partial charge is 0.225 e. The molecule has 31 heavy (non-hydrogen) atoms. The fourth-order valence-electron chi connectivity index (χ4n) is 4.84. The average Bonchev–Trinajstić information content (AvgIpc) is 3.23. The summed E-state index contributed by atoms with van der Waals surface area (Å²) in [6.07, 6.45) is 5.23. The van der Waals surface area contributed by atoms with Gasteiger partial charge in [-0.25, -0.2) is 4.98 Å². The number of carbonyl (C=O) groups is 1. The molecule has 0 radical (unpaired) electrons. The number of thiazole rings is 1. The van der Waals surface area contributed by atoms with Crippen molar-refractivity contribution in [1.29, 1.82) is 0 Å². The van der Waals surface area contributed by atoms with Gasteiger partial charge in [0.1, 0.15) is 5.75 Å².